The van der Waals surface area contributed by atoms with E-state index in [1.54, 1.807) is 15.7 Å². The van der Waals surface area contributed by atoms with Crippen LogP contribution in [0.2, 0.25) is 5.15 Å². The molecular formula is C22H28ClN5O2. The molecule has 8 heteroatoms. The van der Waals surface area contributed by atoms with E-state index in [9.17, 15) is 9.59 Å². The zero-order chi connectivity index (χ0) is 21.7. The molecule has 1 saturated heterocycles. The highest BCUT2D eigenvalue weighted by Crippen LogP contribution is 2.23. The number of rotatable bonds is 7. The normalized spacial score (nSPS) is 14.6. The second kappa shape index (κ2) is 9.91. The van der Waals surface area contributed by atoms with Crippen molar-refractivity contribution in [2.45, 2.75) is 20.4 Å². The predicted molar refractivity (Wildman–Crippen MR) is 118 cm³/mol. The Bertz CT molecular complexity index is 914. The third-order valence-corrected chi connectivity index (χ3v) is 5.59. The Morgan fingerprint density at radius 3 is 2.47 bits per heavy atom. The summed E-state index contributed by atoms with van der Waals surface area (Å²) in [6, 6.07) is 8.16. The van der Waals surface area contributed by atoms with Crippen molar-refractivity contribution in [1.29, 1.82) is 0 Å². The number of hydrogen-bond acceptors (Lipinski definition) is 4. The Balaban J connectivity index is 1.62. The molecule has 1 aromatic carbocycles. The fourth-order valence-electron chi connectivity index (χ4n) is 3.48. The van der Waals surface area contributed by atoms with Crippen LogP contribution in [-0.4, -0.2) is 70.7 Å². The standard InChI is InChI=1S/C22H28ClN5O2/c1-4-9-24-19(29)15-26-10-12-27(13-11-26)22(30)20-17(3)25-28(21(20)23)14-18-7-5-16(2)6-8-18/h4-8H,1,9-15H2,2-3H3,(H,24,29). The summed E-state index contributed by atoms with van der Waals surface area (Å²) in [4.78, 5) is 28.8. The van der Waals surface area contributed by atoms with Crippen LogP contribution < -0.4 is 5.32 Å². The van der Waals surface area contributed by atoms with Gasteiger partial charge in [0.25, 0.3) is 5.91 Å². The molecule has 0 saturated carbocycles. The summed E-state index contributed by atoms with van der Waals surface area (Å²) in [5.41, 5.74) is 3.35. The van der Waals surface area contributed by atoms with Crippen molar-refractivity contribution in [3.8, 4) is 0 Å². The Labute approximate surface area is 182 Å². The van der Waals surface area contributed by atoms with Crippen LogP contribution in [0.4, 0.5) is 0 Å². The largest absolute Gasteiger partial charge is 0.352 e. The molecule has 3 rings (SSSR count). The van der Waals surface area contributed by atoms with Crippen molar-refractivity contribution in [1.82, 2.24) is 24.9 Å². The molecule has 7 nitrogen and oxygen atoms in total. The van der Waals surface area contributed by atoms with E-state index in [2.05, 4.69) is 17.0 Å². The number of aryl methyl sites for hydroxylation is 2. The van der Waals surface area contributed by atoms with Gasteiger partial charge in [0.2, 0.25) is 5.91 Å². The number of carbonyl (C=O) groups excluding carboxylic acids is 2. The molecule has 30 heavy (non-hydrogen) atoms. The number of piperazine rings is 1. The predicted octanol–water partition coefficient (Wildman–Crippen LogP) is 2.26. The number of aromatic nitrogens is 2. The summed E-state index contributed by atoms with van der Waals surface area (Å²) in [6.07, 6.45) is 1.65. The van der Waals surface area contributed by atoms with Gasteiger partial charge in [0, 0.05) is 32.7 Å². The number of carbonyl (C=O) groups is 2. The van der Waals surface area contributed by atoms with Crippen molar-refractivity contribution in [2.75, 3.05) is 39.3 Å². The average Bonchev–Trinajstić information content (AvgIpc) is 3.01. The van der Waals surface area contributed by atoms with Crippen LogP contribution in [-0.2, 0) is 11.3 Å². The van der Waals surface area contributed by atoms with Crippen molar-refractivity contribution < 1.29 is 9.59 Å². The Kier molecular flexibility index (Phi) is 7.29. The highest BCUT2D eigenvalue weighted by atomic mass is 35.5. The fourth-order valence-corrected chi connectivity index (χ4v) is 3.79. The first-order valence-corrected chi connectivity index (χ1v) is 10.4. The van der Waals surface area contributed by atoms with Crippen LogP contribution >= 0.6 is 11.6 Å². The summed E-state index contributed by atoms with van der Waals surface area (Å²) < 4.78 is 1.68. The van der Waals surface area contributed by atoms with Crippen molar-refractivity contribution in [3.63, 3.8) is 0 Å². The maximum atomic E-state index is 13.1. The van der Waals surface area contributed by atoms with Gasteiger partial charge < -0.3 is 10.2 Å². The first-order valence-electron chi connectivity index (χ1n) is 10.1. The first kappa shape index (κ1) is 22.1. The minimum absolute atomic E-state index is 0.0362. The number of halogens is 1. The molecule has 0 radical (unpaired) electrons. The van der Waals surface area contributed by atoms with Crippen LogP contribution in [0.5, 0.6) is 0 Å². The van der Waals surface area contributed by atoms with Gasteiger partial charge in [0.05, 0.1) is 24.3 Å². The van der Waals surface area contributed by atoms with Crippen LogP contribution in [0, 0.1) is 13.8 Å². The van der Waals surface area contributed by atoms with Gasteiger partial charge in [-0.3, -0.25) is 14.5 Å². The first-order chi connectivity index (χ1) is 14.4. The lowest BCUT2D eigenvalue weighted by molar-refractivity contribution is -0.122. The van der Waals surface area contributed by atoms with Crippen LogP contribution in [0.3, 0.4) is 0 Å². The lowest BCUT2D eigenvalue weighted by Gasteiger charge is -2.34. The molecule has 160 valence electrons. The van der Waals surface area contributed by atoms with Gasteiger partial charge >= 0.3 is 0 Å². The van der Waals surface area contributed by atoms with Gasteiger partial charge in [-0.05, 0) is 19.4 Å². The maximum absolute atomic E-state index is 13.1. The third-order valence-electron chi connectivity index (χ3n) is 5.20. The van der Waals surface area contributed by atoms with Crippen molar-refractivity contribution in [3.05, 3.63) is 64.5 Å². The molecule has 1 fully saturated rings. The molecule has 2 amide bonds. The number of amides is 2. The Morgan fingerprint density at radius 2 is 1.83 bits per heavy atom. The maximum Gasteiger partial charge on any atom is 0.258 e. The van der Waals surface area contributed by atoms with E-state index in [0.717, 1.165) is 5.56 Å². The van der Waals surface area contributed by atoms with Crippen molar-refractivity contribution in [2.24, 2.45) is 0 Å². The summed E-state index contributed by atoms with van der Waals surface area (Å²) in [6.45, 7) is 11.1. The molecule has 1 aromatic heterocycles. The van der Waals surface area contributed by atoms with E-state index >= 15 is 0 Å². The molecule has 2 aromatic rings. The molecule has 1 aliphatic heterocycles. The summed E-state index contributed by atoms with van der Waals surface area (Å²) >= 11 is 6.55. The quantitative estimate of drug-likeness (QED) is 0.685. The Morgan fingerprint density at radius 1 is 1.17 bits per heavy atom. The average molecular weight is 430 g/mol. The van der Waals surface area contributed by atoms with E-state index in [4.69, 9.17) is 11.6 Å². The lowest BCUT2D eigenvalue weighted by Crippen LogP contribution is -2.51. The second-order valence-corrected chi connectivity index (χ2v) is 7.91. The molecule has 0 unspecified atom stereocenters. The zero-order valence-corrected chi connectivity index (χ0v) is 18.3. The van der Waals surface area contributed by atoms with Crippen molar-refractivity contribution >= 4 is 23.4 Å². The molecule has 1 N–H and O–H groups in total. The SMILES string of the molecule is C=CCNC(=O)CN1CCN(C(=O)c2c(C)nn(Cc3ccc(C)cc3)c2Cl)CC1. The minimum atomic E-state index is -0.108. The highest BCUT2D eigenvalue weighted by Gasteiger charge is 2.28. The molecular weight excluding hydrogens is 402 g/mol. The Hall–Kier alpha value is -2.64. The summed E-state index contributed by atoms with van der Waals surface area (Å²) in [5.74, 6) is -0.144. The van der Waals surface area contributed by atoms with Gasteiger partial charge in [0.15, 0.2) is 0 Å². The van der Waals surface area contributed by atoms with Crippen LogP contribution in [0.1, 0.15) is 27.2 Å². The number of nitrogens with one attached hydrogen (secondary N) is 1. The van der Waals surface area contributed by atoms with E-state index in [1.165, 1.54) is 5.56 Å². The molecule has 0 bridgehead atoms. The minimum Gasteiger partial charge on any atom is -0.352 e. The fraction of sp³-hybridized carbons (Fsp3) is 0.409. The van der Waals surface area contributed by atoms with Gasteiger partial charge in [-0.25, -0.2) is 4.68 Å². The summed E-state index contributed by atoms with van der Waals surface area (Å²) in [5, 5.41) is 7.63. The van der Waals surface area contributed by atoms with E-state index in [0.29, 0.717) is 62.2 Å². The number of nitrogens with zero attached hydrogens (tertiary/aromatic N) is 4. The topological polar surface area (TPSA) is 70.5 Å². The molecule has 1 aliphatic rings. The summed E-state index contributed by atoms with van der Waals surface area (Å²) in [7, 11) is 0. The van der Waals surface area contributed by atoms with Gasteiger partial charge in [-0.1, -0.05) is 47.5 Å². The second-order valence-electron chi connectivity index (χ2n) is 7.56. The van der Waals surface area contributed by atoms with Crippen LogP contribution in [0.15, 0.2) is 36.9 Å². The molecule has 0 atom stereocenters. The number of hydrogen-bond donors (Lipinski definition) is 1. The highest BCUT2D eigenvalue weighted by molar-refractivity contribution is 6.33. The molecule has 0 spiro atoms. The van der Waals surface area contributed by atoms with E-state index < -0.39 is 0 Å². The van der Waals surface area contributed by atoms with Gasteiger partial charge in [-0.15, -0.1) is 6.58 Å². The van der Waals surface area contributed by atoms with Crippen LogP contribution in [0.25, 0.3) is 0 Å². The van der Waals surface area contributed by atoms with E-state index in [-0.39, 0.29) is 11.8 Å². The molecule has 2 heterocycles. The van der Waals surface area contributed by atoms with Gasteiger partial charge in [0.1, 0.15) is 5.15 Å². The smallest absolute Gasteiger partial charge is 0.258 e. The lowest BCUT2D eigenvalue weighted by atomic mass is 10.1. The van der Waals surface area contributed by atoms with Gasteiger partial charge in [-0.2, -0.15) is 5.10 Å². The monoisotopic (exact) mass is 429 g/mol. The molecule has 0 aliphatic carbocycles. The third kappa shape index (κ3) is 5.29. The zero-order valence-electron chi connectivity index (χ0n) is 17.5. The number of benzene rings is 1. The van der Waals surface area contributed by atoms with E-state index in [1.807, 2.05) is 43.0 Å².